The van der Waals surface area contributed by atoms with Gasteiger partial charge < -0.3 is 20.7 Å². The zero-order valence-electron chi connectivity index (χ0n) is 19.1. The third-order valence-corrected chi connectivity index (χ3v) is 6.69. The normalized spacial score (nSPS) is 19.6. The van der Waals surface area contributed by atoms with Crippen LogP contribution in [0.4, 0.5) is 10.6 Å². The van der Waals surface area contributed by atoms with E-state index in [2.05, 4.69) is 20.9 Å². The van der Waals surface area contributed by atoms with Gasteiger partial charge in [-0.15, -0.1) is 0 Å². The first-order chi connectivity index (χ1) is 15.2. The number of ether oxygens (including phenoxy) is 1. The summed E-state index contributed by atoms with van der Waals surface area (Å²) in [5.74, 6) is -1.80. The Bertz CT molecular complexity index is 979. The second kappa shape index (κ2) is 10.6. The van der Waals surface area contributed by atoms with Crippen molar-refractivity contribution in [1.82, 2.24) is 24.2 Å². The number of alkyl carbamates (subject to hydrolysis) is 1. The first kappa shape index (κ1) is 26.8. The average Bonchev–Trinajstić information content (AvgIpc) is 2.69. The number of hydrogen-bond acceptors (Lipinski definition) is 7. The minimum atomic E-state index is -3.75. The predicted octanol–water partition coefficient (Wildman–Crippen LogP) is 0.564. The van der Waals surface area contributed by atoms with Crippen molar-refractivity contribution in [2.24, 2.45) is 0 Å². The minimum Gasteiger partial charge on any atom is -0.444 e. The Morgan fingerprint density at radius 1 is 1.15 bits per heavy atom. The number of nitrogens with zero attached hydrogens (tertiary/aromatic N) is 3. The van der Waals surface area contributed by atoms with Gasteiger partial charge in [0.15, 0.2) is 0 Å². The molecule has 0 aromatic carbocycles. The highest BCUT2D eigenvalue weighted by atomic mass is 35.5. The summed E-state index contributed by atoms with van der Waals surface area (Å²) in [4.78, 5) is 41.0. The quantitative estimate of drug-likeness (QED) is 0.496. The number of halogens is 1. The SMILES string of the molecule is CN(C)S(=O)(=O)N1CC[C@H](NC(=O)C(=O)Nc2ccc(Cl)cn2)[C@H](NC(=O)OC(C)(C)C)C1. The van der Waals surface area contributed by atoms with E-state index in [1.165, 1.54) is 36.7 Å². The molecular weight excluding hydrogens is 476 g/mol. The maximum absolute atomic E-state index is 12.5. The number of aromatic nitrogens is 1. The fraction of sp³-hybridized carbons (Fsp3) is 0.579. The smallest absolute Gasteiger partial charge is 0.407 e. The van der Waals surface area contributed by atoms with Crippen LogP contribution in [0.2, 0.25) is 5.02 Å². The molecule has 1 fully saturated rings. The van der Waals surface area contributed by atoms with E-state index < -0.39 is 45.8 Å². The maximum atomic E-state index is 12.5. The van der Waals surface area contributed by atoms with E-state index in [0.717, 1.165) is 4.31 Å². The van der Waals surface area contributed by atoms with Crippen LogP contribution in [0.25, 0.3) is 0 Å². The molecule has 2 heterocycles. The molecule has 2 rings (SSSR count). The van der Waals surface area contributed by atoms with Crippen LogP contribution in [0, 0.1) is 0 Å². The Morgan fingerprint density at radius 2 is 1.82 bits per heavy atom. The van der Waals surface area contributed by atoms with Crippen molar-refractivity contribution < 1.29 is 27.5 Å². The summed E-state index contributed by atoms with van der Waals surface area (Å²) in [7, 11) is -0.958. The highest BCUT2D eigenvalue weighted by Crippen LogP contribution is 2.18. The van der Waals surface area contributed by atoms with Crippen molar-refractivity contribution in [3.8, 4) is 0 Å². The largest absolute Gasteiger partial charge is 0.444 e. The van der Waals surface area contributed by atoms with E-state index >= 15 is 0 Å². The van der Waals surface area contributed by atoms with Gasteiger partial charge in [-0.25, -0.2) is 9.78 Å². The third-order valence-electron chi connectivity index (χ3n) is 4.56. The molecule has 0 aliphatic carbocycles. The lowest BCUT2D eigenvalue weighted by Crippen LogP contribution is -2.63. The molecule has 0 radical (unpaired) electrons. The van der Waals surface area contributed by atoms with Gasteiger partial charge in [-0.2, -0.15) is 17.0 Å². The Hall–Kier alpha value is -2.48. The van der Waals surface area contributed by atoms with Crippen molar-refractivity contribution in [2.75, 3.05) is 32.5 Å². The number of rotatable bonds is 5. The molecule has 0 saturated carbocycles. The zero-order chi connectivity index (χ0) is 25.0. The molecule has 1 aliphatic rings. The van der Waals surface area contributed by atoms with Gasteiger partial charge in [0.2, 0.25) is 0 Å². The van der Waals surface area contributed by atoms with Crippen LogP contribution in [0.3, 0.4) is 0 Å². The Morgan fingerprint density at radius 3 is 2.36 bits per heavy atom. The lowest BCUT2D eigenvalue weighted by atomic mass is 10.0. The molecule has 12 nitrogen and oxygen atoms in total. The van der Waals surface area contributed by atoms with Gasteiger partial charge in [-0.3, -0.25) is 9.59 Å². The van der Waals surface area contributed by atoms with Gasteiger partial charge >= 0.3 is 17.9 Å². The average molecular weight is 505 g/mol. The van der Waals surface area contributed by atoms with Crippen molar-refractivity contribution in [1.29, 1.82) is 0 Å². The van der Waals surface area contributed by atoms with Gasteiger partial charge in [0.05, 0.1) is 17.1 Å². The summed E-state index contributed by atoms with van der Waals surface area (Å²) in [6.07, 6.45) is 0.702. The van der Waals surface area contributed by atoms with Crippen LogP contribution in [-0.4, -0.2) is 84.8 Å². The number of carbonyl (C=O) groups excluding carboxylic acids is 3. The van der Waals surface area contributed by atoms with Crippen LogP contribution in [0.1, 0.15) is 27.2 Å². The number of piperidine rings is 1. The molecule has 3 amide bonds. The van der Waals surface area contributed by atoms with Crippen LogP contribution >= 0.6 is 11.6 Å². The summed E-state index contributed by atoms with van der Waals surface area (Å²) in [6, 6.07) is 1.38. The van der Waals surface area contributed by atoms with E-state index in [4.69, 9.17) is 16.3 Å². The molecule has 1 saturated heterocycles. The molecule has 184 valence electrons. The van der Waals surface area contributed by atoms with Gasteiger partial charge in [-0.05, 0) is 39.3 Å². The van der Waals surface area contributed by atoms with Crippen LogP contribution in [0.5, 0.6) is 0 Å². The third kappa shape index (κ3) is 7.81. The monoisotopic (exact) mass is 504 g/mol. The predicted molar refractivity (Wildman–Crippen MR) is 122 cm³/mol. The summed E-state index contributed by atoms with van der Waals surface area (Å²) < 4.78 is 32.6. The van der Waals surface area contributed by atoms with E-state index in [0.29, 0.717) is 5.02 Å². The van der Waals surface area contributed by atoms with E-state index in [9.17, 15) is 22.8 Å². The summed E-state index contributed by atoms with van der Waals surface area (Å²) in [6.45, 7) is 5.02. The lowest BCUT2D eigenvalue weighted by Gasteiger charge is -2.39. The number of anilines is 1. The van der Waals surface area contributed by atoms with Gasteiger partial charge in [0.1, 0.15) is 11.4 Å². The fourth-order valence-electron chi connectivity index (χ4n) is 3.00. The van der Waals surface area contributed by atoms with Crippen molar-refractivity contribution >= 4 is 45.5 Å². The van der Waals surface area contributed by atoms with Crippen LogP contribution < -0.4 is 16.0 Å². The van der Waals surface area contributed by atoms with E-state index in [1.807, 2.05) is 0 Å². The fourth-order valence-corrected chi connectivity index (χ4v) is 4.26. The number of nitrogens with one attached hydrogen (secondary N) is 3. The van der Waals surface area contributed by atoms with Crippen molar-refractivity contribution in [3.63, 3.8) is 0 Å². The van der Waals surface area contributed by atoms with Crippen LogP contribution in [0.15, 0.2) is 18.3 Å². The van der Waals surface area contributed by atoms with Gasteiger partial charge in [-0.1, -0.05) is 11.6 Å². The Labute approximate surface area is 198 Å². The molecule has 0 spiro atoms. The summed E-state index contributed by atoms with van der Waals surface area (Å²) in [5, 5.41) is 7.88. The highest BCUT2D eigenvalue weighted by Gasteiger charge is 2.38. The summed E-state index contributed by atoms with van der Waals surface area (Å²) >= 11 is 5.75. The standard InChI is InChI=1S/C19H29ClN6O6S/c1-19(2,3)32-18(29)23-14-11-26(33(30,31)25(4)5)9-8-13(14)22-16(27)17(28)24-15-7-6-12(20)10-21-15/h6-7,10,13-14H,8-9,11H2,1-5H3,(H,22,27)(H,23,29)(H,21,24,28)/t13-,14+/m0/s1. The number of carbonyl (C=O) groups is 3. The van der Waals surface area contributed by atoms with Gasteiger partial charge in [0.25, 0.3) is 10.2 Å². The molecule has 2 atom stereocenters. The van der Waals surface area contributed by atoms with Crippen LogP contribution in [-0.2, 0) is 24.5 Å². The molecule has 1 aliphatic heterocycles. The second-order valence-corrected chi connectivity index (χ2v) is 11.2. The summed E-state index contributed by atoms with van der Waals surface area (Å²) in [5.41, 5.74) is -0.779. The molecule has 33 heavy (non-hydrogen) atoms. The molecule has 3 N–H and O–H groups in total. The number of pyridine rings is 1. The molecule has 0 bridgehead atoms. The van der Waals surface area contributed by atoms with E-state index in [1.54, 1.807) is 20.8 Å². The molecule has 0 unspecified atom stereocenters. The molecular formula is C19H29ClN6O6S. The first-order valence-electron chi connectivity index (χ1n) is 10.1. The minimum absolute atomic E-state index is 0.0817. The second-order valence-electron chi connectivity index (χ2n) is 8.59. The van der Waals surface area contributed by atoms with Crippen molar-refractivity contribution in [2.45, 2.75) is 44.9 Å². The van der Waals surface area contributed by atoms with Gasteiger partial charge in [0, 0.05) is 33.4 Å². The Kier molecular flexibility index (Phi) is 8.63. The van der Waals surface area contributed by atoms with E-state index in [-0.39, 0.29) is 25.3 Å². The number of hydrogen-bond donors (Lipinski definition) is 3. The first-order valence-corrected chi connectivity index (χ1v) is 11.9. The zero-order valence-corrected chi connectivity index (χ0v) is 20.7. The maximum Gasteiger partial charge on any atom is 0.407 e. The lowest BCUT2D eigenvalue weighted by molar-refractivity contribution is -0.136. The topological polar surface area (TPSA) is 150 Å². The molecule has 1 aromatic heterocycles. The Balaban J connectivity index is 2.12. The molecule has 14 heteroatoms. The highest BCUT2D eigenvalue weighted by molar-refractivity contribution is 7.86. The molecule has 1 aromatic rings. The van der Waals surface area contributed by atoms with Crippen molar-refractivity contribution in [3.05, 3.63) is 23.4 Å². The number of amides is 3.